The van der Waals surface area contributed by atoms with E-state index in [2.05, 4.69) is 17.3 Å². The minimum Gasteiger partial charge on any atom is -0.363 e. The average Bonchev–Trinajstić information content (AvgIpc) is 3.19. The highest BCUT2D eigenvalue weighted by molar-refractivity contribution is 7.09. The van der Waals surface area contributed by atoms with Crippen molar-refractivity contribution >= 4 is 17.2 Å². The quantitative estimate of drug-likeness (QED) is 0.791. The molecule has 0 radical (unpaired) electrons. The first kappa shape index (κ1) is 13.1. The summed E-state index contributed by atoms with van der Waals surface area (Å²) in [6, 6.07) is 0. The van der Waals surface area contributed by atoms with Crippen molar-refractivity contribution in [1.29, 1.82) is 0 Å². The van der Waals surface area contributed by atoms with Crippen molar-refractivity contribution in [2.75, 3.05) is 19.7 Å². The number of likely N-dealkylation sites (tertiary alicyclic amines) is 1. The van der Waals surface area contributed by atoms with E-state index in [1.54, 1.807) is 11.3 Å². The zero-order valence-electron chi connectivity index (χ0n) is 11.3. The van der Waals surface area contributed by atoms with Gasteiger partial charge in [-0.2, -0.15) is 0 Å². The smallest absolute Gasteiger partial charge is 0.254 e. The van der Waals surface area contributed by atoms with Gasteiger partial charge in [-0.05, 0) is 25.2 Å². The van der Waals surface area contributed by atoms with Crippen molar-refractivity contribution in [2.45, 2.75) is 38.7 Å². The van der Waals surface area contributed by atoms with Crippen molar-refractivity contribution in [3.63, 3.8) is 0 Å². The Hall–Kier alpha value is -0.940. The summed E-state index contributed by atoms with van der Waals surface area (Å²) in [5.41, 5.74) is 1.21. The number of piperidine rings is 1. The zero-order chi connectivity index (χ0) is 13.2. The van der Waals surface area contributed by atoms with E-state index in [0.717, 1.165) is 38.8 Å². The third-order valence-electron chi connectivity index (χ3n) is 3.96. The van der Waals surface area contributed by atoms with E-state index in [-0.39, 0.29) is 12.0 Å². The van der Waals surface area contributed by atoms with Crippen molar-refractivity contribution in [3.8, 4) is 0 Å². The predicted molar refractivity (Wildman–Crippen MR) is 74.2 cm³/mol. The first-order chi connectivity index (χ1) is 9.26. The maximum atomic E-state index is 11.9. The SMILES string of the molecule is CCc1csc(CC2CCN(C(=O)C3CO3)CC2)n1. The Morgan fingerprint density at radius 3 is 2.84 bits per heavy atom. The number of hydrogen-bond acceptors (Lipinski definition) is 4. The van der Waals surface area contributed by atoms with E-state index >= 15 is 0 Å². The number of epoxide rings is 1. The van der Waals surface area contributed by atoms with E-state index in [9.17, 15) is 4.79 Å². The molecule has 1 atom stereocenters. The third kappa shape index (κ3) is 3.15. The van der Waals surface area contributed by atoms with Crippen LogP contribution in [0.4, 0.5) is 0 Å². The lowest BCUT2D eigenvalue weighted by Crippen LogP contribution is -2.41. The van der Waals surface area contributed by atoms with Gasteiger partial charge in [-0.1, -0.05) is 6.92 Å². The Balaban J connectivity index is 1.48. The number of aromatic nitrogens is 1. The Bertz CT molecular complexity index is 448. The Kier molecular flexibility index (Phi) is 3.84. The van der Waals surface area contributed by atoms with Crippen LogP contribution >= 0.6 is 11.3 Å². The van der Waals surface area contributed by atoms with Crippen LogP contribution in [-0.2, 0) is 22.4 Å². The van der Waals surface area contributed by atoms with Crippen LogP contribution in [0.3, 0.4) is 0 Å². The zero-order valence-corrected chi connectivity index (χ0v) is 12.1. The standard InChI is InChI=1S/C14H20N2O2S/c1-2-11-9-19-13(15-11)7-10-3-5-16(6-4-10)14(17)12-8-18-12/h9-10,12H,2-8H2,1H3. The molecule has 5 heteroatoms. The molecule has 2 aliphatic rings. The van der Waals surface area contributed by atoms with E-state index in [4.69, 9.17) is 4.74 Å². The molecule has 3 heterocycles. The highest BCUT2D eigenvalue weighted by Gasteiger charge is 2.36. The number of carbonyl (C=O) groups is 1. The van der Waals surface area contributed by atoms with Gasteiger partial charge in [-0.15, -0.1) is 11.3 Å². The number of nitrogens with zero attached hydrogens (tertiary/aromatic N) is 2. The normalized spacial score (nSPS) is 23.6. The second kappa shape index (κ2) is 5.59. The summed E-state index contributed by atoms with van der Waals surface area (Å²) in [7, 11) is 0. The molecule has 0 saturated carbocycles. The number of hydrogen-bond donors (Lipinski definition) is 0. The molecule has 0 bridgehead atoms. The summed E-state index contributed by atoms with van der Waals surface area (Å²) in [6.45, 7) is 4.53. The molecular weight excluding hydrogens is 260 g/mol. The fourth-order valence-electron chi connectivity index (χ4n) is 2.60. The van der Waals surface area contributed by atoms with Gasteiger partial charge < -0.3 is 9.64 Å². The van der Waals surface area contributed by atoms with E-state index in [1.807, 2.05) is 4.90 Å². The molecule has 19 heavy (non-hydrogen) atoms. The molecular formula is C14H20N2O2S. The second-order valence-corrected chi connectivity index (χ2v) is 6.32. The Labute approximate surface area is 117 Å². The summed E-state index contributed by atoms with van der Waals surface area (Å²) in [6.07, 6.45) is 4.17. The van der Waals surface area contributed by atoms with E-state index in [1.165, 1.54) is 10.7 Å². The second-order valence-electron chi connectivity index (χ2n) is 5.38. The molecule has 2 aliphatic heterocycles. The van der Waals surface area contributed by atoms with Gasteiger partial charge in [-0.25, -0.2) is 4.98 Å². The predicted octanol–water partition coefficient (Wildman–Crippen LogP) is 1.89. The molecule has 1 amide bonds. The molecule has 3 rings (SSSR count). The van der Waals surface area contributed by atoms with Crippen LogP contribution in [0.25, 0.3) is 0 Å². The number of carbonyl (C=O) groups excluding carboxylic acids is 1. The molecule has 0 spiro atoms. The van der Waals surface area contributed by atoms with Gasteiger partial charge in [0.05, 0.1) is 17.3 Å². The van der Waals surface area contributed by atoms with Crippen LogP contribution in [0, 0.1) is 5.92 Å². The maximum Gasteiger partial charge on any atom is 0.254 e. The molecule has 2 saturated heterocycles. The van der Waals surface area contributed by atoms with Crippen molar-refractivity contribution in [3.05, 3.63) is 16.1 Å². The fourth-order valence-corrected chi connectivity index (χ4v) is 3.60. The van der Waals surface area contributed by atoms with Crippen molar-refractivity contribution in [1.82, 2.24) is 9.88 Å². The van der Waals surface area contributed by atoms with Crippen LogP contribution in [0.5, 0.6) is 0 Å². The van der Waals surface area contributed by atoms with Gasteiger partial charge in [0.25, 0.3) is 5.91 Å². The largest absolute Gasteiger partial charge is 0.363 e. The lowest BCUT2D eigenvalue weighted by atomic mass is 9.93. The molecule has 4 nitrogen and oxygen atoms in total. The van der Waals surface area contributed by atoms with Crippen LogP contribution in [0.1, 0.15) is 30.5 Å². The number of aryl methyl sites for hydroxylation is 1. The highest BCUT2D eigenvalue weighted by atomic mass is 32.1. The molecule has 2 fully saturated rings. The van der Waals surface area contributed by atoms with Crippen molar-refractivity contribution in [2.24, 2.45) is 5.92 Å². The van der Waals surface area contributed by atoms with Crippen LogP contribution < -0.4 is 0 Å². The lowest BCUT2D eigenvalue weighted by Gasteiger charge is -2.31. The van der Waals surface area contributed by atoms with Crippen LogP contribution in [0.2, 0.25) is 0 Å². The summed E-state index contributed by atoms with van der Waals surface area (Å²) in [5, 5.41) is 3.42. The average molecular weight is 280 g/mol. The van der Waals surface area contributed by atoms with Gasteiger partial charge in [0.2, 0.25) is 0 Å². The number of ether oxygens (including phenoxy) is 1. The summed E-state index contributed by atoms with van der Waals surface area (Å²) < 4.78 is 5.06. The number of rotatable bonds is 4. The maximum absolute atomic E-state index is 11.9. The fraction of sp³-hybridized carbons (Fsp3) is 0.714. The summed E-state index contributed by atoms with van der Waals surface area (Å²) in [4.78, 5) is 18.5. The monoisotopic (exact) mass is 280 g/mol. The lowest BCUT2D eigenvalue weighted by molar-refractivity contribution is -0.133. The minimum absolute atomic E-state index is 0.123. The topological polar surface area (TPSA) is 45.7 Å². The third-order valence-corrected chi connectivity index (χ3v) is 4.88. The Morgan fingerprint density at radius 1 is 1.53 bits per heavy atom. The summed E-state index contributed by atoms with van der Waals surface area (Å²) >= 11 is 1.78. The van der Waals surface area contributed by atoms with E-state index < -0.39 is 0 Å². The number of amides is 1. The first-order valence-corrected chi connectivity index (χ1v) is 7.98. The molecule has 0 aliphatic carbocycles. The first-order valence-electron chi connectivity index (χ1n) is 7.10. The molecule has 0 N–H and O–H groups in total. The molecule has 1 aromatic rings. The van der Waals surface area contributed by atoms with Gasteiger partial charge in [0.1, 0.15) is 0 Å². The Morgan fingerprint density at radius 2 is 2.26 bits per heavy atom. The minimum atomic E-state index is -0.123. The van der Waals surface area contributed by atoms with Crippen LogP contribution in [-0.4, -0.2) is 41.6 Å². The van der Waals surface area contributed by atoms with Gasteiger partial charge >= 0.3 is 0 Å². The van der Waals surface area contributed by atoms with Gasteiger partial charge in [0.15, 0.2) is 6.10 Å². The summed E-state index contributed by atoms with van der Waals surface area (Å²) in [5.74, 6) is 0.876. The number of thiazole rings is 1. The van der Waals surface area contributed by atoms with Gasteiger partial charge in [0, 0.05) is 24.9 Å². The molecule has 1 unspecified atom stereocenters. The van der Waals surface area contributed by atoms with Crippen LogP contribution in [0.15, 0.2) is 5.38 Å². The molecule has 1 aromatic heterocycles. The van der Waals surface area contributed by atoms with E-state index in [0.29, 0.717) is 12.5 Å². The molecule has 0 aromatic carbocycles. The highest BCUT2D eigenvalue weighted by Crippen LogP contribution is 2.25. The van der Waals surface area contributed by atoms with Gasteiger partial charge in [-0.3, -0.25) is 4.79 Å². The molecule has 104 valence electrons. The van der Waals surface area contributed by atoms with Crippen molar-refractivity contribution < 1.29 is 9.53 Å².